The summed E-state index contributed by atoms with van der Waals surface area (Å²) in [5.41, 5.74) is 7.19. The Labute approximate surface area is 148 Å². The highest BCUT2D eigenvalue weighted by atomic mass is 16.5. The number of hydrogen-bond donors (Lipinski definition) is 1. The standard InChI is InChI=1S/C19H24N2O4/c1-21(10-11-25-16-7-5-15(20)6-8-16)19(22)13-14-4-9-17(23-2)18(12-14)24-3/h4-9,12H,10-11,13,20H2,1-3H3. The summed E-state index contributed by atoms with van der Waals surface area (Å²) < 4.78 is 16.1. The van der Waals surface area contributed by atoms with Crippen molar-refractivity contribution in [2.24, 2.45) is 0 Å². The molecule has 0 aromatic heterocycles. The van der Waals surface area contributed by atoms with Gasteiger partial charge in [-0.05, 0) is 42.0 Å². The molecule has 0 bridgehead atoms. The molecule has 25 heavy (non-hydrogen) atoms. The normalized spacial score (nSPS) is 10.2. The zero-order valence-electron chi connectivity index (χ0n) is 14.8. The van der Waals surface area contributed by atoms with Gasteiger partial charge in [0, 0.05) is 12.7 Å². The molecule has 0 unspecified atom stereocenters. The van der Waals surface area contributed by atoms with Gasteiger partial charge in [-0.3, -0.25) is 4.79 Å². The van der Waals surface area contributed by atoms with E-state index in [0.29, 0.717) is 36.8 Å². The van der Waals surface area contributed by atoms with Crippen LogP contribution in [0.5, 0.6) is 17.2 Å². The van der Waals surface area contributed by atoms with Crippen LogP contribution in [0.25, 0.3) is 0 Å². The first-order valence-electron chi connectivity index (χ1n) is 7.96. The molecule has 134 valence electrons. The maximum atomic E-state index is 12.3. The smallest absolute Gasteiger partial charge is 0.226 e. The predicted molar refractivity (Wildman–Crippen MR) is 97.2 cm³/mol. The van der Waals surface area contributed by atoms with Gasteiger partial charge in [0.2, 0.25) is 5.91 Å². The van der Waals surface area contributed by atoms with Crippen molar-refractivity contribution in [1.82, 2.24) is 4.90 Å². The van der Waals surface area contributed by atoms with Crippen LogP contribution in [-0.4, -0.2) is 45.2 Å². The minimum absolute atomic E-state index is 0.00752. The Morgan fingerprint density at radius 2 is 1.72 bits per heavy atom. The van der Waals surface area contributed by atoms with E-state index in [2.05, 4.69) is 0 Å². The number of amides is 1. The molecule has 6 nitrogen and oxygen atoms in total. The van der Waals surface area contributed by atoms with Gasteiger partial charge >= 0.3 is 0 Å². The fourth-order valence-corrected chi connectivity index (χ4v) is 2.29. The second-order valence-corrected chi connectivity index (χ2v) is 5.60. The first-order valence-corrected chi connectivity index (χ1v) is 7.96. The summed E-state index contributed by atoms with van der Waals surface area (Å²) in [5, 5.41) is 0. The third-order valence-corrected chi connectivity index (χ3v) is 3.80. The minimum Gasteiger partial charge on any atom is -0.493 e. The van der Waals surface area contributed by atoms with Gasteiger partial charge in [0.05, 0.1) is 27.2 Å². The van der Waals surface area contributed by atoms with Crippen molar-refractivity contribution in [2.45, 2.75) is 6.42 Å². The highest BCUT2D eigenvalue weighted by Crippen LogP contribution is 2.27. The number of rotatable bonds is 8. The Morgan fingerprint density at radius 3 is 2.36 bits per heavy atom. The van der Waals surface area contributed by atoms with E-state index >= 15 is 0 Å². The molecule has 0 aliphatic rings. The molecule has 0 aliphatic heterocycles. The van der Waals surface area contributed by atoms with Crippen LogP contribution in [0, 0.1) is 0 Å². The van der Waals surface area contributed by atoms with Crippen LogP contribution in [0.1, 0.15) is 5.56 Å². The molecule has 2 aromatic rings. The lowest BCUT2D eigenvalue weighted by atomic mass is 10.1. The second-order valence-electron chi connectivity index (χ2n) is 5.60. The lowest BCUT2D eigenvalue weighted by molar-refractivity contribution is -0.129. The molecule has 0 saturated heterocycles. The van der Waals surface area contributed by atoms with E-state index < -0.39 is 0 Å². The Kier molecular flexibility index (Phi) is 6.51. The fourth-order valence-electron chi connectivity index (χ4n) is 2.29. The molecule has 0 spiro atoms. The van der Waals surface area contributed by atoms with Crippen molar-refractivity contribution in [3.8, 4) is 17.2 Å². The molecule has 1 amide bonds. The second kappa shape index (κ2) is 8.82. The van der Waals surface area contributed by atoms with Crippen LogP contribution in [0.4, 0.5) is 5.69 Å². The molecular weight excluding hydrogens is 320 g/mol. The molecule has 0 saturated carbocycles. The summed E-state index contributed by atoms with van der Waals surface area (Å²) in [7, 11) is 4.91. The summed E-state index contributed by atoms with van der Waals surface area (Å²) in [6.45, 7) is 0.911. The van der Waals surface area contributed by atoms with Gasteiger partial charge in [0.1, 0.15) is 12.4 Å². The highest BCUT2D eigenvalue weighted by molar-refractivity contribution is 5.78. The summed E-state index contributed by atoms with van der Waals surface area (Å²) in [6.07, 6.45) is 0.290. The van der Waals surface area contributed by atoms with E-state index in [1.54, 1.807) is 56.5 Å². The minimum atomic E-state index is 0.00752. The van der Waals surface area contributed by atoms with E-state index in [0.717, 1.165) is 11.3 Å². The van der Waals surface area contributed by atoms with E-state index in [4.69, 9.17) is 19.9 Å². The zero-order chi connectivity index (χ0) is 18.2. The maximum Gasteiger partial charge on any atom is 0.226 e. The van der Waals surface area contributed by atoms with Gasteiger partial charge < -0.3 is 24.8 Å². The highest BCUT2D eigenvalue weighted by Gasteiger charge is 2.12. The Bertz CT molecular complexity index is 701. The third-order valence-electron chi connectivity index (χ3n) is 3.80. The molecule has 2 aromatic carbocycles. The van der Waals surface area contributed by atoms with Gasteiger partial charge in [0.15, 0.2) is 11.5 Å². The Hall–Kier alpha value is -2.89. The van der Waals surface area contributed by atoms with Crippen molar-refractivity contribution in [2.75, 3.05) is 40.2 Å². The number of hydrogen-bond acceptors (Lipinski definition) is 5. The van der Waals surface area contributed by atoms with Gasteiger partial charge in [-0.25, -0.2) is 0 Å². The maximum absolute atomic E-state index is 12.3. The van der Waals surface area contributed by atoms with Gasteiger partial charge in [-0.15, -0.1) is 0 Å². The SMILES string of the molecule is COc1ccc(CC(=O)N(C)CCOc2ccc(N)cc2)cc1OC. The first kappa shape index (κ1) is 18.4. The molecule has 0 fully saturated rings. The summed E-state index contributed by atoms with van der Waals surface area (Å²) in [6, 6.07) is 12.6. The number of anilines is 1. The number of nitrogen functional groups attached to an aromatic ring is 1. The molecule has 2 N–H and O–H groups in total. The predicted octanol–water partition coefficient (Wildman–Crippen LogP) is 2.37. The number of nitrogens with zero attached hydrogens (tertiary/aromatic N) is 1. The average Bonchev–Trinajstić information content (AvgIpc) is 2.63. The number of nitrogens with two attached hydrogens (primary N) is 1. The summed E-state index contributed by atoms with van der Waals surface area (Å²) in [4.78, 5) is 14.0. The molecule has 2 rings (SSSR count). The van der Waals surface area contributed by atoms with Crippen LogP contribution in [0.2, 0.25) is 0 Å². The first-order chi connectivity index (χ1) is 12.0. The molecule has 0 atom stereocenters. The number of likely N-dealkylation sites (N-methyl/N-ethyl adjacent to an activating group) is 1. The van der Waals surface area contributed by atoms with Crippen LogP contribution in [-0.2, 0) is 11.2 Å². The van der Waals surface area contributed by atoms with E-state index in [1.165, 1.54) is 0 Å². The third kappa shape index (κ3) is 5.31. The van der Waals surface area contributed by atoms with Crippen LogP contribution in [0.3, 0.4) is 0 Å². The molecule has 0 radical (unpaired) electrons. The number of methoxy groups -OCH3 is 2. The molecular formula is C19H24N2O4. The van der Waals surface area contributed by atoms with Crippen molar-refractivity contribution in [1.29, 1.82) is 0 Å². The lowest BCUT2D eigenvalue weighted by Gasteiger charge is -2.18. The number of ether oxygens (including phenoxy) is 3. The average molecular weight is 344 g/mol. The van der Waals surface area contributed by atoms with Gasteiger partial charge in [-0.2, -0.15) is 0 Å². The van der Waals surface area contributed by atoms with E-state index in [1.807, 2.05) is 12.1 Å². The van der Waals surface area contributed by atoms with Crippen LogP contribution in [0.15, 0.2) is 42.5 Å². The van der Waals surface area contributed by atoms with Crippen molar-refractivity contribution in [3.05, 3.63) is 48.0 Å². The van der Waals surface area contributed by atoms with Crippen LogP contribution >= 0.6 is 0 Å². The van der Waals surface area contributed by atoms with E-state index in [-0.39, 0.29) is 5.91 Å². The summed E-state index contributed by atoms with van der Waals surface area (Å²) in [5.74, 6) is 1.99. The number of carbonyl (C=O) groups excluding carboxylic acids is 1. The largest absolute Gasteiger partial charge is 0.493 e. The Morgan fingerprint density at radius 1 is 1.04 bits per heavy atom. The lowest BCUT2D eigenvalue weighted by Crippen LogP contribution is -2.32. The van der Waals surface area contributed by atoms with Gasteiger partial charge in [-0.1, -0.05) is 6.07 Å². The van der Waals surface area contributed by atoms with Gasteiger partial charge in [0.25, 0.3) is 0 Å². The van der Waals surface area contributed by atoms with E-state index in [9.17, 15) is 4.79 Å². The zero-order valence-corrected chi connectivity index (χ0v) is 14.8. The quantitative estimate of drug-likeness (QED) is 0.744. The molecule has 0 heterocycles. The fraction of sp³-hybridized carbons (Fsp3) is 0.316. The monoisotopic (exact) mass is 344 g/mol. The molecule has 0 aliphatic carbocycles. The Balaban J connectivity index is 1.84. The molecule has 6 heteroatoms. The number of carbonyl (C=O) groups is 1. The number of benzene rings is 2. The van der Waals surface area contributed by atoms with Crippen molar-refractivity contribution < 1.29 is 19.0 Å². The van der Waals surface area contributed by atoms with Crippen molar-refractivity contribution in [3.63, 3.8) is 0 Å². The summed E-state index contributed by atoms with van der Waals surface area (Å²) >= 11 is 0. The van der Waals surface area contributed by atoms with Crippen LogP contribution < -0.4 is 19.9 Å². The van der Waals surface area contributed by atoms with Crippen molar-refractivity contribution >= 4 is 11.6 Å². The topological polar surface area (TPSA) is 74.0 Å².